The highest BCUT2D eigenvalue weighted by Gasteiger charge is 2.10. The number of thioether (sulfide) groups is 2. The van der Waals surface area contributed by atoms with Gasteiger partial charge in [0.1, 0.15) is 0 Å². The Morgan fingerprint density at radius 1 is 0.773 bits per heavy atom. The van der Waals surface area contributed by atoms with Crippen molar-refractivity contribution in [2.24, 2.45) is 0 Å². The molecule has 0 aromatic heterocycles. The largest absolute Gasteiger partial charge is 0.478 e. The van der Waals surface area contributed by atoms with Gasteiger partial charge in [-0.25, -0.2) is 4.79 Å². The second-order valence-corrected chi connectivity index (χ2v) is 6.63. The Hall–Kier alpha value is -2.05. The third-order valence-electron chi connectivity index (χ3n) is 2.66. The lowest BCUT2D eigenvalue weighted by molar-refractivity contribution is -0.109. The molecule has 0 radical (unpaired) electrons. The van der Waals surface area contributed by atoms with E-state index in [-0.39, 0.29) is 15.8 Å². The lowest BCUT2D eigenvalue weighted by Crippen LogP contribution is -1.96. The number of carbonyl (C=O) groups is 3. The molecule has 0 heterocycles. The quantitative estimate of drug-likeness (QED) is 0.855. The van der Waals surface area contributed by atoms with Crippen molar-refractivity contribution >= 4 is 39.7 Å². The summed E-state index contributed by atoms with van der Waals surface area (Å²) in [6.45, 7) is 1.49. The van der Waals surface area contributed by atoms with Crippen LogP contribution in [0.5, 0.6) is 0 Å². The average molecular weight is 332 g/mol. The topological polar surface area (TPSA) is 71.4 Å². The number of benzene rings is 2. The predicted octanol–water partition coefficient (Wildman–Crippen LogP) is 3.96. The molecule has 2 aromatic rings. The molecule has 0 amide bonds. The second-order valence-electron chi connectivity index (χ2n) is 4.34. The van der Waals surface area contributed by atoms with E-state index in [2.05, 4.69) is 0 Å². The number of carboxylic acids is 1. The maximum Gasteiger partial charge on any atom is 0.335 e. The first-order valence-electron chi connectivity index (χ1n) is 6.30. The van der Waals surface area contributed by atoms with E-state index in [4.69, 9.17) is 5.11 Å². The summed E-state index contributed by atoms with van der Waals surface area (Å²) in [7, 11) is 0. The predicted molar refractivity (Wildman–Crippen MR) is 86.6 cm³/mol. The summed E-state index contributed by atoms with van der Waals surface area (Å²) in [4.78, 5) is 35.4. The highest BCUT2D eigenvalue weighted by Crippen LogP contribution is 2.25. The fourth-order valence-electron chi connectivity index (χ4n) is 1.66. The second kappa shape index (κ2) is 7.29. The third-order valence-corrected chi connectivity index (χ3v) is 4.39. The van der Waals surface area contributed by atoms with E-state index in [1.807, 2.05) is 0 Å². The molecular formula is C16H12O4S2. The first-order chi connectivity index (χ1) is 10.5. The van der Waals surface area contributed by atoms with E-state index in [0.717, 1.165) is 28.4 Å². The summed E-state index contributed by atoms with van der Waals surface area (Å²) < 4.78 is 0. The van der Waals surface area contributed by atoms with E-state index in [1.54, 1.807) is 36.4 Å². The Morgan fingerprint density at radius 3 is 1.68 bits per heavy atom. The molecule has 0 bridgehead atoms. The molecule has 4 nitrogen and oxygen atoms in total. The van der Waals surface area contributed by atoms with Gasteiger partial charge in [-0.3, -0.25) is 9.59 Å². The van der Waals surface area contributed by atoms with Crippen molar-refractivity contribution in [3.63, 3.8) is 0 Å². The molecule has 112 valence electrons. The van der Waals surface area contributed by atoms with Gasteiger partial charge in [0.25, 0.3) is 0 Å². The number of carboxylic acid groups (broad SMARTS) is 1. The zero-order chi connectivity index (χ0) is 16.1. The monoisotopic (exact) mass is 332 g/mol. The first-order valence-corrected chi connectivity index (χ1v) is 7.93. The number of carbonyl (C=O) groups excluding carboxylic acids is 2. The molecule has 0 aliphatic rings. The van der Waals surface area contributed by atoms with Crippen LogP contribution < -0.4 is 0 Å². The number of hydrogen-bond acceptors (Lipinski definition) is 5. The summed E-state index contributed by atoms with van der Waals surface area (Å²) >= 11 is 2.15. The fraction of sp³-hybridized carbons (Fsp3) is 0.0625. The zero-order valence-corrected chi connectivity index (χ0v) is 13.2. The SMILES string of the molecule is CC(=O)Sc1ccc(C(=O)Sc2ccc(C(=O)O)cc2)cc1. The van der Waals surface area contributed by atoms with Crippen molar-refractivity contribution in [1.29, 1.82) is 0 Å². The molecule has 0 fully saturated rings. The number of hydrogen-bond donors (Lipinski definition) is 1. The average Bonchev–Trinajstić information content (AvgIpc) is 2.48. The molecule has 0 aliphatic heterocycles. The maximum absolute atomic E-state index is 12.1. The normalized spacial score (nSPS) is 10.2. The molecule has 22 heavy (non-hydrogen) atoms. The van der Waals surface area contributed by atoms with Crippen LogP contribution in [0.3, 0.4) is 0 Å². The van der Waals surface area contributed by atoms with Gasteiger partial charge in [-0.2, -0.15) is 0 Å². The minimum Gasteiger partial charge on any atom is -0.478 e. The number of rotatable bonds is 4. The van der Waals surface area contributed by atoms with Crippen molar-refractivity contribution < 1.29 is 19.5 Å². The van der Waals surface area contributed by atoms with Gasteiger partial charge in [-0.15, -0.1) is 0 Å². The Kier molecular flexibility index (Phi) is 5.41. The van der Waals surface area contributed by atoms with Gasteiger partial charge in [-0.05, 0) is 60.3 Å². The van der Waals surface area contributed by atoms with Crippen LogP contribution in [-0.4, -0.2) is 21.3 Å². The highest BCUT2D eigenvalue weighted by molar-refractivity contribution is 8.14. The molecule has 0 unspecified atom stereocenters. The fourth-order valence-corrected chi connectivity index (χ4v) is 3.00. The van der Waals surface area contributed by atoms with Crippen LogP contribution >= 0.6 is 23.5 Å². The van der Waals surface area contributed by atoms with Crippen LogP contribution in [-0.2, 0) is 4.79 Å². The molecule has 0 aliphatic carbocycles. The lowest BCUT2D eigenvalue weighted by atomic mass is 10.2. The van der Waals surface area contributed by atoms with E-state index < -0.39 is 5.97 Å². The molecule has 1 N–H and O–H groups in total. The van der Waals surface area contributed by atoms with Crippen molar-refractivity contribution in [2.45, 2.75) is 16.7 Å². The van der Waals surface area contributed by atoms with Gasteiger partial charge in [0, 0.05) is 22.3 Å². The molecule has 0 atom stereocenters. The van der Waals surface area contributed by atoms with Gasteiger partial charge in [0.15, 0.2) is 5.12 Å². The van der Waals surface area contributed by atoms with E-state index >= 15 is 0 Å². The molecule has 2 rings (SSSR count). The molecule has 2 aromatic carbocycles. The van der Waals surface area contributed by atoms with Crippen molar-refractivity contribution in [1.82, 2.24) is 0 Å². The van der Waals surface area contributed by atoms with E-state index in [0.29, 0.717) is 10.5 Å². The van der Waals surface area contributed by atoms with E-state index in [1.165, 1.54) is 19.1 Å². The smallest absolute Gasteiger partial charge is 0.335 e. The molecule has 0 saturated heterocycles. The summed E-state index contributed by atoms with van der Waals surface area (Å²) in [6, 6.07) is 12.9. The molecule has 0 saturated carbocycles. The van der Waals surface area contributed by atoms with Gasteiger partial charge in [0.05, 0.1) is 5.56 Å². The summed E-state index contributed by atoms with van der Waals surface area (Å²) in [6.07, 6.45) is 0. The number of aromatic carboxylic acids is 1. The van der Waals surface area contributed by atoms with Crippen LogP contribution in [0.4, 0.5) is 0 Å². The minimum atomic E-state index is -0.999. The summed E-state index contributed by atoms with van der Waals surface area (Å²) in [5.74, 6) is -0.999. The molecule has 0 spiro atoms. The Labute approximate surface area is 135 Å². The van der Waals surface area contributed by atoms with Gasteiger partial charge in [0.2, 0.25) is 5.12 Å². The van der Waals surface area contributed by atoms with Crippen molar-refractivity contribution in [3.05, 3.63) is 59.7 Å². The Balaban J connectivity index is 2.05. The highest BCUT2D eigenvalue weighted by atomic mass is 32.2. The lowest BCUT2D eigenvalue weighted by Gasteiger charge is -2.03. The van der Waals surface area contributed by atoms with E-state index in [9.17, 15) is 14.4 Å². The van der Waals surface area contributed by atoms with Crippen LogP contribution in [0.25, 0.3) is 0 Å². The zero-order valence-electron chi connectivity index (χ0n) is 11.6. The molecule has 6 heteroatoms. The summed E-state index contributed by atoms with van der Waals surface area (Å²) in [5.41, 5.74) is 0.711. The minimum absolute atomic E-state index is 0.00743. The standard InChI is InChI=1S/C16H12O4S2/c1-10(17)21-13-8-4-12(5-9-13)16(20)22-14-6-2-11(3-7-14)15(18)19/h2-9H,1H3,(H,18,19). The third kappa shape index (κ3) is 4.47. The van der Waals surface area contributed by atoms with Gasteiger partial charge < -0.3 is 5.11 Å². The van der Waals surface area contributed by atoms with Crippen molar-refractivity contribution in [2.75, 3.05) is 0 Å². The molecular weight excluding hydrogens is 320 g/mol. The van der Waals surface area contributed by atoms with Crippen LogP contribution in [0.1, 0.15) is 27.6 Å². The Bertz CT molecular complexity index is 706. The van der Waals surface area contributed by atoms with Gasteiger partial charge in [-0.1, -0.05) is 11.8 Å². The van der Waals surface area contributed by atoms with Crippen molar-refractivity contribution in [3.8, 4) is 0 Å². The van der Waals surface area contributed by atoms with Gasteiger partial charge >= 0.3 is 5.97 Å². The Morgan fingerprint density at radius 2 is 1.23 bits per heavy atom. The first kappa shape index (κ1) is 16.3. The van der Waals surface area contributed by atoms with Crippen LogP contribution in [0, 0.1) is 0 Å². The summed E-state index contributed by atoms with van der Waals surface area (Å²) in [5, 5.41) is 8.68. The van der Waals surface area contributed by atoms with Crippen LogP contribution in [0.2, 0.25) is 0 Å². The van der Waals surface area contributed by atoms with Crippen LogP contribution in [0.15, 0.2) is 58.3 Å². The maximum atomic E-state index is 12.1.